The van der Waals surface area contributed by atoms with Crippen LogP contribution < -0.4 is 10.1 Å². The first-order valence-corrected chi connectivity index (χ1v) is 7.51. The second-order valence-corrected chi connectivity index (χ2v) is 5.81. The van der Waals surface area contributed by atoms with E-state index in [1.54, 1.807) is 25.3 Å². The molecule has 0 bridgehead atoms. The van der Waals surface area contributed by atoms with Crippen LogP contribution in [-0.4, -0.2) is 13.0 Å². The molecule has 0 radical (unpaired) electrons. The van der Waals surface area contributed by atoms with Crippen LogP contribution in [0.15, 0.2) is 46.9 Å². The summed E-state index contributed by atoms with van der Waals surface area (Å²) in [6.45, 7) is 4.02. The molecule has 0 heterocycles. The maximum Gasteiger partial charge on any atom is 0.251 e. The molecule has 1 amide bonds. The number of hydrogen-bond donors (Lipinski definition) is 1. The smallest absolute Gasteiger partial charge is 0.251 e. The van der Waals surface area contributed by atoms with E-state index >= 15 is 0 Å². The summed E-state index contributed by atoms with van der Waals surface area (Å²) in [4.78, 5) is 12.3. The lowest BCUT2D eigenvalue weighted by Crippen LogP contribution is -2.26. The van der Waals surface area contributed by atoms with Crippen LogP contribution in [0, 0.1) is 6.92 Å². The molecule has 110 valence electrons. The Bertz CT molecular complexity index is 638. The summed E-state index contributed by atoms with van der Waals surface area (Å²) in [5, 5.41) is 3.00. The molecule has 0 aliphatic carbocycles. The van der Waals surface area contributed by atoms with Gasteiger partial charge in [-0.3, -0.25) is 4.79 Å². The van der Waals surface area contributed by atoms with Crippen molar-refractivity contribution >= 4 is 21.8 Å². The lowest BCUT2D eigenvalue weighted by Gasteiger charge is -2.15. The van der Waals surface area contributed by atoms with Gasteiger partial charge in [0.25, 0.3) is 5.91 Å². The molecule has 0 aromatic heterocycles. The summed E-state index contributed by atoms with van der Waals surface area (Å²) in [5.74, 6) is 0.601. The van der Waals surface area contributed by atoms with Gasteiger partial charge in [0.05, 0.1) is 17.6 Å². The lowest BCUT2D eigenvalue weighted by molar-refractivity contribution is 0.0940. The number of benzene rings is 2. The average Bonchev–Trinajstić information content (AvgIpc) is 2.47. The minimum absolute atomic E-state index is 0.0426. The highest BCUT2D eigenvalue weighted by molar-refractivity contribution is 9.10. The Morgan fingerprint density at radius 2 is 1.86 bits per heavy atom. The summed E-state index contributed by atoms with van der Waals surface area (Å²) in [7, 11) is 1.60. The van der Waals surface area contributed by atoms with Crippen LogP contribution >= 0.6 is 15.9 Å². The standard InChI is InChI=1S/C17H18BrNO2/c1-11-4-6-13(7-5-11)12(2)19-17(20)14-8-9-16(21-3)15(18)10-14/h4-10,12H,1-3H3,(H,19,20). The molecular weight excluding hydrogens is 330 g/mol. The Balaban J connectivity index is 2.10. The Hall–Kier alpha value is -1.81. The maximum atomic E-state index is 12.3. The third kappa shape index (κ3) is 3.85. The fourth-order valence-electron chi connectivity index (χ4n) is 2.03. The molecule has 21 heavy (non-hydrogen) atoms. The molecule has 0 aliphatic rings. The minimum Gasteiger partial charge on any atom is -0.496 e. The maximum absolute atomic E-state index is 12.3. The lowest BCUT2D eigenvalue weighted by atomic mass is 10.1. The van der Waals surface area contributed by atoms with Gasteiger partial charge in [0.1, 0.15) is 5.75 Å². The normalized spacial score (nSPS) is 11.8. The number of carbonyl (C=O) groups excluding carboxylic acids is 1. The van der Waals surface area contributed by atoms with E-state index in [4.69, 9.17) is 4.74 Å². The number of ether oxygens (including phenoxy) is 1. The monoisotopic (exact) mass is 347 g/mol. The zero-order valence-electron chi connectivity index (χ0n) is 12.3. The fraction of sp³-hybridized carbons (Fsp3) is 0.235. The van der Waals surface area contributed by atoms with E-state index in [9.17, 15) is 4.79 Å². The Morgan fingerprint density at radius 1 is 1.19 bits per heavy atom. The van der Waals surface area contributed by atoms with Crippen molar-refractivity contribution in [2.75, 3.05) is 7.11 Å². The second kappa shape index (κ2) is 6.76. The number of nitrogens with one attached hydrogen (secondary N) is 1. The molecule has 2 aromatic carbocycles. The quantitative estimate of drug-likeness (QED) is 0.897. The van der Waals surface area contributed by atoms with Gasteiger partial charge >= 0.3 is 0 Å². The third-order valence-electron chi connectivity index (χ3n) is 3.34. The molecule has 0 fully saturated rings. The van der Waals surface area contributed by atoms with Gasteiger partial charge in [0.2, 0.25) is 0 Å². The molecule has 3 nitrogen and oxygen atoms in total. The number of methoxy groups -OCH3 is 1. The summed E-state index contributed by atoms with van der Waals surface area (Å²) in [6, 6.07) is 13.4. The number of amides is 1. The highest BCUT2D eigenvalue weighted by Gasteiger charge is 2.13. The molecular formula is C17H18BrNO2. The molecule has 2 aromatic rings. The van der Waals surface area contributed by atoms with Gasteiger partial charge < -0.3 is 10.1 Å². The second-order valence-electron chi connectivity index (χ2n) is 4.96. The van der Waals surface area contributed by atoms with E-state index in [-0.39, 0.29) is 11.9 Å². The highest BCUT2D eigenvalue weighted by Crippen LogP contribution is 2.25. The number of rotatable bonds is 4. The summed E-state index contributed by atoms with van der Waals surface area (Å²) >= 11 is 3.39. The molecule has 1 N–H and O–H groups in total. The molecule has 0 spiro atoms. The van der Waals surface area contributed by atoms with Gasteiger partial charge in [-0.05, 0) is 53.5 Å². The van der Waals surface area contributed by atoms with E-state index in [1.165, 1.54) is 5.56 Å². The van der Waals surface area contributed by atoms with Crippen molar-refractivity contribution in [3.05, 3.63) is 63.6 Å². The van der Waals surface area contributed by atoms with Crippen LogP contribution in [0.5, 0.6) is 5.75 Å². The largest absolute Gasteiger partial charge is 0.496 e. The first-order chi connectivity index (χ1) is 10.0. The molecule has 0 saturated carbocycles. The van der Waals surface area contributed by atoms with E-state index in [0.29, 0.717) is 11.3 Å². The van der Waals surface area contributed by atoms with Gasteiger partial charge in [0, 0.05) is 5.56 Å². The van der Waals surface area contributed by atoms with Crippen LogP contribution in [0.3, 0.4) is 0 Å². The van der Waals surface area contributed by atoms with Gasteiger partial charge in [0.15, 0.2) is 0 Å². The molecule has 0 aliphatic heterocycles. The number of hydrogen-bond acceptors (Lipinski definition) is 2. The Kier molecular flexibility index (Phi) is 5.02. The van der Waals surface area contributed by atoms with Crippen molar-refractivity contribution in [2.24, 2.45) is 0 Å². The van der Waals surface area contributed by atoms with Crippen molar-refractivity contribution in [1.82, 2.24) is 5.32 Å². The topological polar surface area (TPSA) is 38.3 Å². The predicted molar refractivity (Wildman–Crippen MR) is 87.8 cm³/mol. The van der Waals surface area contributed by atoms with Crippen LogP contribution in [0.2, 0.25) is 0 Å². The molecule has 4 heteroatoms. The Morgan fingerprint density at radius 3 is 2.43 bits per heavy atom. The van der Waals surface area contributed by atoms with Crippen molar-refractivity contribution in [1.29, 1.82) is 0 Å². The predicted octanol–water partition coefficient (Wildman–Crippen LogP) is 4.26. The summed E-state index contributed by atoms with van der Waals surface area (Å²) in [6.07, 6.45) is 0. The van der Waals surface area contributed by atoms with Crippen molar-refractivity contribution in [3.8, 4) is 5.75 Å². The molecule has 2 rings (SSSR count). The van der Waals surface area contributed by atoms with Gasteiger partial charge in [-0.15, -0.1) is 0 Å². The van der Waals surface area contributed by atoms with E-state index in [0.717, 1.165) is 10.0 Å². The van der Waals surface area contributed by atoms with Crippen LogP contribution in [0.4, 0.5) is 0 Å². The molecule has 1 unspecified atom stereocenters. The average molecular weight is 348 g/mol. The van der Waals surface area contributed by atoms with Crippen LogP contribution in [0.1, 0.15) is 34.5 Å². The van der Waals surface area contributed by atoms with Crippen molar-refractivity contribution in [3.63, 3.8) is 0 Å². The van der Waals surface area contributed by atoms with Gasteiger partial charge in [-0.25, -0.2) is 0 Å². The third-order valence-corrected chi connectivity index (χ3v) is 3.96. The number of aryl methyl sites for hydroxylation is 1. The van der Waals surface area contributed by atoms with E-state index < -0.39 is 0 Å². The zero-order chi connectivity index (χ0) is 15.4. The first kappa shape index (κ1) is 15.6. The molecule has 0 saturated heterocycles. The van der Waals surface area contributed by atoms with Crippen LogP contribution in [-0.2, 0) is 0 Å². The Labute approximate surface area is 133 Å². The highest BCUT2D eigenvalue weighted by atomic mass is 79.9. The van der Waals surface area contributed by atoms with Gasteiger partial charge in [-0.2, -0.15) is 0 Å². The van der Waals surface area contributed by atoms with Crippen LogP contribution in [0.25, 0.3) is 0 Å². The fourth-order valence-corrected chi connectivity index (χ4v) is 2.57. The van der Waals surface area contributed by atoms with E-state index in [2.05, 4.69) is 21.2 Å². The zero-order valence-corrected chi connectivity index (χ0v) is 13.9. The molecule has 1 atom stereocenters. The van der Waals surface area contributed by atoms with E-state index in [1.807, 2.05) is 38.1 Å². The van der Waals surface area contributed by atoms with Gasteiger partial charge in [-0.1, -0.05) is 29.8 Å². The van der Waals surface area contributed by atoms with Crippen molar-refractivity contribution in [2.45, 2.75) is 19.9 Å². The van der Waals surface area contributed by atoms with Crippen molar-refractivity contribution < 1.29 is 9.53 Å². The minimum atomic E-state index is -0.105. The number of halogens is 1. The SMILES string of the molecule is COc1ccc(C(=O)NC(C)c2ccc(C)cc2)cc1Br. The first-order valence-electron chi connectivity index (χ1n) is 6.72. The summed E-state index contributed by atoms with van der Waals surface area (Å²) < 4.78 is 5.93. The number of carbonyl (C=O) groups is 1. The summed E-state index contributed by atoms with van der Waals surface area (Å²) in [5.41, 5.74) is 2.89.